The molecule has 0 saturated carbocycles. The van der Waals surface area contributed by atoms with Gasteiger partial charge in [0.1, 0.15) is 15.9 Å². The Morgan fingerprint density at radius 3 is 2.50 bits per heavy atom. The van der Waals surface area contributed by atoms with Gasteiger partial charge in [0.2, 0.25) is 0 Å². The maximum absolute atomic E-state index is 4.67. The predicted octanol–water partition coefficient (Wildman–Crippen LogP) is 4.83. The average molecular weight is 366 g/mol. The molecule has 3 aromatic rings. The summed E-state index contributed by atoms with van der Waals surface area (Å²) < 4.78 is 4.10. The number of benzene rings is 1. The van der Waals surface area contributed by atoms with E-state index in [1.54, 1.807) is 0 Å². The zero-order valence-corrected chi connectivity index (χ0v) is 12.9. The maximum atomic E-state index is 4.67. The van der Waals surface area contributed by atoms with E-state index in [1.165, 1.54) is 5.56 Å². The van der Waals surface area contributed by atoms with Gasteiger partial charge >= 0.3 is 0 Å². The highest BCUT2D eigenvalue weighted by atomic mass is 79.9. The summed E-state index contributed by atoms with van der Waals surface area (Å²) in [6.45, 7) is 2.07. The number of aromatic nitrogens is 2. The number of rotatable bonds is 1. The predicted molar refractivity (Wildman–Crippen MR) is 80.8 cm³/mol. The molecule has 0 radical (unpaired) electrons. The van der Waals surface area contributed by atoms with E-state index in [0.29, 0.717) is 0 Å². The minimum Gasteiger partial charge on any atom is -0.294 e. The lowest BCUT2D eigenvalue weighted by molar-refractivity contribution is 1.14. The van der Waals surface area contributed by atoms with Crippen LogP contribution in [0, 0.1) is 6.92 Å². The van der Waals surface area contributed by atoms with Crippen molar-refractivity contribution in [3.8, 4) is 11.3 Å². The van der Waals surface area contributed by atoms with Crippen LogP contribution < -0.4 is 0 Å². The van der Waals surface area contributed by atoms with Crippen molar-refractivity contribution in [2.45, 2.75) is 6.92 Å². The van der Waals surface area contributed by atoms with Gasteiger partial charge in [-0.15, -0.1) is 0 Å². The second kappa shape index (κ2) is 4.52. The molecule has 0 saturated heterocycles. The van der Waals surface area contributed by atoms with Gasteiger partial charge in [0.25, 0.3) is 0 Å². The van der Waals surface area contributed by atoms with Crippen LogP contribution in [0.15, 0.2) is 51.7 Å². The molecule has 2 nitrogen and oxygen atoms in total. The maximum Gasteiger partial charge on any atom is 0.138 e. The van der Waals surface area contributed by atoms with Crippen molar-refractivity contribution in [3.63, 3.8) is 0 Å². The lowest BCUT2D eigenvalue weighted by Crippen LogP contribution is -1.84. The van der Waals surface area contributed by atoms with Crippen LogP contribution in [0.25, 0.3) is 16.9 Å². The van der Waals surface area contributed by atoms with Gasteiger partial charge in [-0.1, -0.05) is 28.1 Å². The summed E-state index contributed by atoms with van der Waals surface area (Å²) in [4.78, 5) is 4.67. The monoisotopic (exact) mass is 364 g/mol. The summed E-state index contributed by atoms with van der Waals surface area (Å²) in [5.41, 5.74) is 4.24. The molecule has 0 amide bonds. The SMILES string of the molecule is Cc1ccn2c(Br)c(-c3ccc(Br)cc3)nc2c1. The normalized spacial score (nSPS) is 11.1. The Balaban J connectivity index is 2.23. The summed E-state index contributed by atoms with van der Waals surface area (Å²) in [6, 6.07) is 12.3. The van der Waals surface area contributed by atoms with E-state index in [-0.39, 0.29) is 0 Å². The summed E-state index contributed by atoms with van der Waals surface area (Å²) in [5.74, 6) is 0. The molecular weight excluding hydrogens is 356 g/mol. The number of imidazole rings is 1. The molecule has 0 bridgehead atoms. The second-order valence-electron chi connectivity index (χ2n) is 4.19. The first-order valence-electron chi connectivity index (χ1n) is 5.55. The highest BCUT2D eigenvalue weighted by Crippen LogP contribution is 2.29. The fraction of sp³-hybridized carbons (Fsp3) is 0.0714. The van der Waals surface area contributed by atoms with Gasteiger partial charge in [-0.05, 0) is 52.7 Å². The molecule has 0 aliphatic rings. The molecule has 0 spiro atoms. The molecule has 18 heavy (non-hydrogen) atoms. The number of fused-ring (bicyclic) bond motifs is 1. The topological polar surface area (TPSA) is 17.3 Å². The van der Waals surface area contributed by atoms with E-state index < -0.39 is 0 Å². The molecule has 0 N–H and O–H groups in total. The van der Waals surface area contributed by atoms with Crippen molar-refractivity contribution in [3.05, 3.63) is 57.2 Å². The van der Waals surface area contributed by atoms with E-state index in [1.807, 2.05) is 22.7 Å². The Morgan fingerprint density at radius 1 is 1.06 bits per heavy atom. The van der Waals surface area contributed by atoms with Gasteiger partial charge < -0.3 is 0 Å². The molecule has 0 fully saturated rings. The fourth-order valence-electron chi connectivity index (χ4n) is 1.91. The third-order valence-corrected chi connectivity index (χ3v) is 4.13. The molecule has 1 aromatic carbocycles. The van der Waals surface area contributed by atoms with Crippen LogP contribution in [0.3, 0.4) is 0 Å². The zero-order chi connectivity index (χ0) is 12.7. The fourth-order valence-corrected chi connectivity index (χ4v) is 2.79. The number of aryl methyl sites for hydroxylation is 1. The molecular formula is C14H10Br2N2. The summed E-state index contributed by atoms with van der Waals surface area (Å²) in [5, 5.41) is 0. The largest absolute Gasteiger partial charge is 0.294 e. The summed E-state index contributed by atoms with van der Waals surface area (Å²) in [7, 11) is 0. The van der Waals surface area contributed by atoms with Crippen molar-refractivity contribution in [1.29, 1.82) is 0 Å². The first-order valence-corrected chi connectivity index (χ1v) is 7.14. The van der Waals surface area contributed by atoms with Crippen LogP contribution in [0.1, 0.15) is 5.56 Å². The van der Waals surface area contributed by atoms with Gasteiger partial charge in [-0.25, -0.2) is 4.98 Å². The van der Waals surface area contributed by atoms with E-state index in [9.17, 15) is 0 Å². The quantitative estimate of drug-likeness (QED) is 0.603. The molecule has 0 unspecified atom stereocenters. The smallest absolute Gasteiger partial charge is 0.138 e. The minimum atomic E-state index is 0.958. The first-order chi connectivity index (χ1) is 8.65. The summed E-state index contributed by atoms with van der Waals surface area (Å²) >= 11 is 7.06. The van der Waals surface area contributed by atoms with Crippen molar-refractivity contribution >= 4 is 37.5 Å². The highest BCUT2D eigenvalue weighted by molar-refractivity contribution is 9.10. The van der Waals surface area contributed by atoms with Crippen molar-refractivity contribution in [2.75, 3.05) is 0 Å². The molecule has 4 heteroatoms. The second-order valence-corrected chi connectivity index (χ2v) is 5.86. The minimum absolute atomic E-state index is 0.958. The third kappa shape index (κ3) is 1.99. The number of halogens is 2. The van der Waals surface area contributed by atoms with Gasteiger partial charge in [-0.2, -0.15) is 0 Å². The zero-order valence-electron chi connectivity index (χ0n) is 9.69. The average Bonchev–Trinajstić information content (AvgIpc) is 2.67. The Kier molecular flexibility index (Phi) is 2.99. The molecule has 0 aliphatic carbocycles. The van der Waals surface area contributed by atoms with Gasteiger partial charge in [0, 0.05) is 16.2 Å². The van der Waals surface area contributed by atoms with E-state index in [4.69, 9.17) is 0 Å². The number of hydrogen-bond acceptors (Lipinski definition) is 1. The van der Waals surface area contributed by atoms with Crippen LogP contribution >= 0.6 is 31.9 Å². The van der Waals surface area contributed by atoms with Crippen molar-refractivity contribution in [1.82, 2.24) is 9.38 Å². The van der Waals surface area contributed by atoms with Gasteiger partial charge in [-0.3, -0.25) is 4.40 Å². The molecule has 0 atom stereocenters. The lowest BCUT2D eigenvalue weighted by atomic mass is 10.2. The van der Waals surface area contributed by atoms with Crippen LogP contribution in [-0.4, -0.2) is 9.38 Å². The molecule has 3 rings (SSSR count). The van der Waals surface area contributed by atoms with Crippen LogP contribution in [-0.2, 0) is 0 Å². The van der Waals surface area contributed by atoms with Crippen molar-refractivity contribution in [2.24, 2.45) is 0 Å². The standard InChI is InChI=1S/C14H10Br2N2/c1-9-6-7-18-12(8-9)17-13(14(18)16)10-2-4-11(15)5-3-10/h2-8H,1H3. The van der Waals surface area contributed by atoms with Gasteiger partial charge in [0.05, 0.1) is 0 Å². The Bertz CT molecular complexity index is 714. The number of nitrogens with zero attached hydrogens (tertiary/aromatic N) is 2. The molecule has 90 valence electrons. The molecule has 0 aliphatic heterocycles. The number of hydrogen-bond donors (Lipinski definition) is 0. The van der Waals surface area contributed by atoms with Crippen molar-refractivity contribution < 1.29 is 0 Å². The Labute approximate surface area is 122 Å². The van der Waals surface area contributed by atoms with Crippen LogP contribution in [0.4, 0.5) is 0 Å². The highest BCUT2D eigenvalue weighted by Gasteiger charge is 2.11. The van der Waals surface area contributed by atoms with E-state index in [2.05, 4.69) is 68.0 Å². The first kappa shape index (κ1) is 11.9. The molecule has 2 aromatic heterocycles. The van der Waals surface area contributed by atoms with Gasteiger partial charge in [0.15, 0.2) is 0 Å². The summed E-state index contributed by atoms with van der Waals surface area (Å²) in [6.07, 6.45) is 2.03. The number of pyridine rings is 1. The third-order valence-electron chi connectivity index (χ3n) is 2.84. The lowest BCUT2D eigenvalue weighted by Gasteiger charge is -1.98. The van der Waals surface area contributed by atoms with Crippen LogP contribution in [0.2, 0.25) is 0 Å². The van der Waals surface area contributed by atoms with E-state index >= 15 is 0 Å². The molecule has 2 heterocycles. The Morgan fingerprint density at radius 2 is 1.78 bits per heavy atom. The van der Waals surface area contributed by atoms with Crippen LogP contribution in [0.5, 0.6) is 0 Å². The van der Waals surface area contributed by atoms with E-state index in [0.717, 1.165) is 26.0 Å². The Hall–Kier alpha value is -1.13.